The lowest BCUT2D eigenvalue weighted by molar-refractivity contribution is -0.115. The zero-order valence-electron chi connectivity index (χ0n) is 17.0. The summed E-state index contributed by atoms with van der Waals surface area (Å²) in [5, 5.41) is 3.18. The largest absolute Gasteiger partial charge is 0.493 e. The highest BCUT2D eigenvalue weighted by Gasteiger charge is 2.28. The number of esters is 1. The van der Waals surface area contributed by atoms with Crippen LogP contribution in [0.4, 0.5) is 5.00 Å². The summed E-state index contributed by atoms with van der Waals surface area (Å²) in [5.41, 5.74) is 1.55. The van der Waals surface area contributed by atoms with Crippen molar-refractivity contribution in [2.75, 3.05) is 26.6 Å². The first-order valence-corrected chi connectivity index (χ1v) is 11.1. The summed E-state index contributed by atoms with van der Waals surface area (Å²) in [6, 6.07) is 5.55. The molecule has 0 bridgehead atoms. The molecule has 2 aromatic rings. The number of hydrogen-bond donors (Lipinski definition) is 1. The van der Waals surface area contributed by atoms with Gasteiger partial charge in [-0.3, -0.25) is 4.79 Å². The third kappa shape index (κ3) is 4.70. The molecule has 1 aromatic heterocycles. The Labute approximate surface area is 178 Å². The first kappa shape index (κ1) is 21.5. The van der Waals surface area contributed by atoms with Gasteiger partial charge in [0.25, 0.3) is 0 Å². The van der Waals surface area contributed by atoms with Crippen molar-refractivity contribution in [2.45, 2.75) is 42.8 Å². The third-order valence-electron chi connectivity index (χ3n) is 4.83. The Hall–Kier alpha value is -2.19. The first-order chi connectivity index (χ1) is 14.0. The number of rotatable bonds is 7. The number of benzene rings is 1. The van der Waals surface area contributed by atoms with Crippen LogP contribution in [0.5, 0.6) is 11.5 Å². The summed E-state index contributed by atoms with van der Waals surface area (Å²) in [6.07, 6.45) is 3.94. The predicted octanol–water partition coefficient (Wildman–Crippen LogP) is 4.55. The van der Waals surface area contributed by atoms with E-state index in [1.165, 1.54) is 35.1 Å². The molecule has 0 radical (unpaired) electrons. The number of carbonyl (C=O) groups is 2. The fraction of sp³-hybridized carbons (Fsp3) is 0.429. The zero-order valence-corrected chi connectivity index (χ0v) is 18.6. The van der Waals surface area contributed by atoms with Crippen LogP contribution in [0.1, 0.15) is 40.6 Å². The first-order valence-electron chi connectivity index (χ1n) is 9.40. The van der Waals surface area contributed by atoms with Gasteiger partial charge in [0.1, 0.15) is 5.00 Å². The summed E-state index contributed by atoms with van der Waals surface area (Å²) < 4.78 is 15.6. The van der Waals surface area contributed by atoms with Gasteiger partial charge in [-0.25, -0.2) is 4.79 Å². The molecule has 1 amide bonds. The van der Waals surface area contributed by atoms with E-state index < -0.39 is 0 Å². The molecule has 0 spiro atoms. The maximum Gasteiger partial charge on any atom is 0.341 e. The minimum atomic E-state index is -0.389. The van der Waals surface area contributed by atoms with E-state index in [1.807, 2.05) is 25.1 Å². The van der Waals surface area contributed by atoms with Crippen LogP contribution in [0.2, 0.25) is 0 Å². The number of thiophene rings is 1. The fourth-order valence-electron chi connectivity index (χ4n) is 3.33. The minimum absolute atomic E-state index is 0.159. The van der Waals surface area contributed by atoms with Crippen molar-refractivity contribution in [1.29, 1.82) is 0 Å². The van der Waals surface area contributed by atoms with Crippen molar-refractivity contribution in [3.05, 3.63) is 34.2 Å². The van der Waals surface area contributed by atoms with Crippen LogP contribution in [0.3, 0.4) is 0 Å². The number of anilines is 1. The normalized spacial score (nSPS) is 13.9. The maximum atomic E-state index is 12.8. The van der Waals surface area contributed by atoms with Gasteiger partial charge in [0, 0.05) is 9.77 Å². The topological polar surface area (TPSA) is 73.9 Å². The van der Waals surface area contributed by atoms with Crippen molar-refractivity contribution >= 4 is 40.0 Å². The quantitative estimate of drug-likeness (QED) is 0.508. The number of hydrogen-bond acceptors (Lipinski definition) is 7. The van der Waals surface area contributed by atoms with Crippen LogP contribution in [-0.2, 0) is 22.4 Å². The molecule has 29 heavy (non-hydrogen) atoms. The van der Waals surface area contributed by atoms with Gasteiger partial charge >= 0.3 is 5.97 Å². The fourth-order valence-corrected chi connectivity index (χ4v) is 5.51. The highest BCUT2D eigenvalue weighted by atomic mass is 32.2. The molecule has 1 N–H and O–H groups in total. The Bertz CT molecular complexity index is 909. The van der Waals surface area contributed by atoms with Crippen LogP contribution in [0.15, 0.2) is 23.1 Å². The Kier molecular flexibility index (Phi) is 7.08. The highest BCUT2D eigenvalue weighted by Crippen LogP contribution is 2.39. The Morgan fingerprint density at radius 1 is 1.10 bits per heavy atom. The van der Waals surface area contributed by atoms with Gasteiger partial charge in [-0.1, -0.05) is 0 Å². The van der Waals surface area contributed by atoms with E-state index in [-0.39, 0.29) is 17.1 Å². The number of fused-ring (bicyclic) bond motifs is 1. The Morgan fingerprint density at radius 2 is 1.83 bits per heavy atom. The summed E-state index contributed by atoms with van der Waals surface area (Å²) in [6.45, 7) is 1.84. The monoisotopic (exact) mass is 435 g/mol. The second-order valence-corrected chi connectivity index (χ2v) is 9.19. The van der Waals surface area contributed by atoms with E-state index in [1.54, 1.807) is 14.2 Å². The number of methoxy groups -OCH3 is 3. The van der Waals surface area contributed by atoms with Gasteiger partial charge in [0.2, 0.25) is 5.91 Å². The molecule has 1 aliphatic carbocycles. The molecule has 1 heterocycles. The van der Waals surface area contributed by atoms with E-state index >= 15 is 0 Å². The summed E-state index contributed by atoms with van der Waals surface area (Å²) in [4.78, 5) is 27.2. The van der Waals surface area contributed by atoms with Crippen LogP contribution < -0.4 is 14.8 Å². The number of ether oxygens (including phenoxy) is 3. The molecule has 0 unspecified atom stereocenters. The van der Waals surface area contributed by atoms with Crippen molar-refractivity contribution in [1.82, 2.24) is 0 Å². The molecular weight excluding hydrogens is 410 g/mol. The lowest BCUT2D eigenvalue weighted by Gasteiger charge is -2.14. The van der Waals surface area contributed by atoms with Crippen LogP contribution in [0, 0.1) is 0 Å². The minimum Gasteiger partial charge on any atom is -0.493 e. The number of nitrogens with one attached hydrogen (secondary N) is 1. The van der Waals surface area contributed by atoms with E-state index in [9.17, 15) is 9.59 Å². The van der Waals surface area contributed by atoms with Crippen LogP contribution >= 0.6 is 23.1 Å². The maximum absolute atomic E-state index is 12.8. The standard InChI is InChI=1S/C21H25NO5S2/c1-12(28-13-9-10-15(25-2)16(11-13)26-3)19(23)22-20-18(21(24)27-4)14-7-5-6-8-17(14)29-20/h9-12H,5-8H2,1-4H3,(H,22,23)/t12-/m1/s1. The third-order valence-corrected chi connectivity index (χ3v) is 7.14. The zero-order chi connectivity index (χ0) is 21.0. The van der Waals surface area contributed by atoms with E-state index in [0.29, 0.717) is 22.1 Å². The second kappa shape index (κ2) is 9.54. The lowest BCUT2D eigenvalue weighted by atomic mass is 9.95. The van der Waals surface area contributed by atoms with Gasteiger partial charge in [-0.2, -0.15) is 0 Å². The molecule has 8 heteroatoms. The molecular formula is C21H25NO5S2. The molecule has 1 atom stereocenters. The predicted molar refractivity (Wildman–Crippen MR) is 116 cm³/mol. The summed E-state index contributed by atoms with van der Waals surface area (Å²) in [7, 11) is 4.53. The molecule has 156 valence electrons. The molecule has 1 aliphatic rings. The van der Waals surface area contributed by atoms with Crippen molar-refractivity contribution in [2.24, 2.45) is 0 Å². The molecule has 6 nitrogen and oxygen atoms in total. The van der Waals surface area contributed by atoms with Crippen molar-refractivity contribution in [3.63, 3.8) is 0 Å². The summed E-state index contributed by atoms with van der Waals surface area (Å²) >= 11 is 2.91. The molecule has 1 aromatic carbocycles. The summed E-state index contributed by atoms with van der Waals surface area (Å²) in [5.74, 6) is 0.707. The Morgan fingerprint density at radius 3 is 2.52 bits per heavy atom. The molecule has 0 fully saturated rings. The van der Waals surface area contributed by atoms with Crippen LogP contribution in [0.25, 0.3) is 0 Å². The smallest absolute Gasteiger partial charge is 0.341 e. The number of aryl methyl sites for hydroxylation is 1. The average molecular weight is 436 g/mol. The molecule has 0 saturated heterocycles. The second-order valence-electron chi connectivity index (χ2n) is 6.67. The van der Waals surface area contributed by atoms with Crippen LogP contribution in [-0.4, -0.2) is 38.5 Å². The number of amides is 1. The van der Waals surface area contributed by atoms with Gasteiger partial charge in [-0.05, 0) is 56.4 Å². The van der Waals surface area contributed by atoms with Gasteiger partial charge in [0.05, 0.1) is 32.1 Å². The van der Waals surface area contributed by atoms with Gasteiger partial charge in [0.15, 0.2) is 11.5 Å². The average Bonchev–Trinajstić information content (AvgIpc) is 3.10. The van der Waals surface area contributed by atoms with Gasteiger partial charge in [-0.15, -0.1) is 23.1 Å². The number of carbonyl (C=O) groups excluding carboxylic acids is 2. The number of thioether (sulfide) groups is 1. The van der Waals surface area contributed by atoms with E-state index in [0.717, 1.165) is 36.1 Å². The van der Waals surface area contributed by atoms with Crippen molar-refractivity contribution in [3.8, 4) is 11.5 Å². The molecule has 3 rings (SSSR count). The van der Waals surface area contributed by atoms with E-state index in [4.69, 9.17) is 14.2 Å². The molecule has 0 aliphatic heterocycles. The molecule has 0 saturated carbocycles. The van der Waals surface area contributed by atoms with Gasteiger partial charge < -0.3 is 19.5 Å². The highest BCUT2D eigenvalue weighted by molar-refractivity contribution is 8.00. The SMILES string of the molecule is COC(=O)c1c(NC(=O)[C@@H](C)Sc2ccc(OC)c(OC)c2)sc2c1CCCC2. The lowest BCUT2D eigenvalue weighted by Crippen LogP contribution is -2.23. The van der Waals surface area contributed by atoms with E-state index in [2.05, 4.69) is 5.32 Å². The van der Waals surface area contributed by atoms with Crippen molar-refractivity contribution < 1.29 is 23.8 Å². The Balaban J connectivity index is 1.76.